The molecule has 1 amide bonds. The van der Waals surface area contributed by atoms with Crippen LogP contribution in [0.1, 0.15) is 38.5 Å². The Hall–Kier alpha value is -0.0901. The van der Waals surface area contributed by atoms with Gasteiger partial charge in [0.15, 0.2) is 7.98 Å². The van der Waals surface area contributed by atoms with E-state index in [0.717, 1.165) is 19.0 Å². The van der Waals surface area contributed by atoms with Gasteiger partial charge in [0.2, 0.25) is 0 Å². The number of hydrogen-bond acceptors (Lipinski definition) is 2. The molecule has 17 heavy (non-hydrogen) atoms. The van der Waals surface area contributed by atoms with E-state index in [9.17, 15) is 4.79 Å². The van der Waals surface area contributed by atoms with E-state index >= 15 is 0 Å². The molecule has 2 fully saturated rings. The van der Waals surface area contributed by atoms with Crippen LogP contribution in [0.15, 0.2) is 0 Å². The molecular formula is C11H22B2N2OS. The van der Waals surface area contributed by atoms with Gasteiger partial charge in [-0.1, -0.05) is 12.6 Å². The predicted molar refractivity (Wildman–Crippen MR) is 79.1 cm³/mol. The summed E-state index contributed by atoms with van der Waals surface area (Å²) < 4.78 is 0. The topological polar surface area (TPSA) is 23.6 Å². The van der Waals surface area contributed by atoms with Gasteiger partial charge in [0.1, 0.15) is 7.85 Å². The van der Waals surface area contributed by atoms with Crippen molar-refractivity contribution in [3.8, 4) is 0 Å². The van der Waals surface area contributed by atoms with Crippen LogP contribution < -0.4 is 0 Å². The first-order valence-corrected chi connectivity index (χ1v) is 7.26. The van der Waals surface area contributed by atoms with Crippen molar-refractivity contribution in [3.63, 3.8) is 0 Å². The van der Waals surface area contributed by atoms with Gasteiger partial charge in [0, 0.05) is 12.0 Å². The summed E-state index contributed by atoms with van der Waals surface area (Å²) in [4.78, 5) is 15.9. The van der Waals surface area contributed by atoms with Crippen LogP contribution >= 0.6 is 12.6 Å². The SMILES string of the molecule is BC(CCCN(B)C1CC1)N(C(=O)S)C1CC1. The highest BCUT2D eigenvalue weighted by atomic mass is 32.1. The zero-order chi connectivity index (χ0) is 12.4. The summed E-state index contributed by atoms with van der Waals surface area (Å²) in [5, 5.41) is -0.0458. The molecule has 1 atom stereocenters. The Bertz CT molecular complexity index is 285. The van der Waals surface area contributed by atoms with E-state index in [4.69, 9.17) is 0 Å². The number of carbonyl (C=O) groups excluding carboxylic acids is 1. The van der Waals surface area contributed by atoms with E-state index in [1.165, 1.54) is 32.1 Å². The van der Waals surface area contributed by atoms with E-state index in [1.807, 2.05) is 4.90 Å². The van der Waals surface area contributed by atoms with Crippen molar-refractivity contribution >= 4 is 33.7 Å². The van der Waals surface area contributed by atoms with Crippen LogP contribution in [0.5, 0.6) is 0 Å². The maximum absolute atomic E-state index is 11.5. The highest BCUT2D eigenvalue weighted by Crippen LogP contribution is 2.30. The van der Waals surface area contributed by atoms with Crippen LogP contribution in [0.4, 0.5) is 4.79 Å². The highest BCUT2D eigenvalue weighted by molar-refractivity contribution is 7.96. The van der Waals surface area contributed by atoms with Crippen LogP contribution in [-0.4, -0.2) is 55.3 Å². The molecule has 0 N–H and O–H groups in total. The first-order valence-electron chi connectivity index (χ1n) is 6.81. The van der Waals surface area contributed by atoms with Crippen LogP contribution in [0.3, 0.4) is 0 Å². The zero-order valence-corrected chi connectivity index (χ0v) is 11.8. The number of rotatable bonds is 7. The van der Waals surface area contributed by atoms with E-state index in [2.05, 4.69) is 33.3 Å². The Morgan fingerprint density at radius 2 is 1.88 bits per heavy atom. The molecule has 0 aromatic carbocycles. The third kappa shape index (κ3) is 3.95. The Kier molecular flexibility index (Phi) is 4.47. The maximum atomic E-state index is 11.5. The van der Waals surface area contributed by atoms with Crippen LogP contribution in [0, 0.1) is 0 Å². The molecule has 2 aliphatic carbocycles. The fourth-order valence-electron chi connectivity index (χ4n) is 2.53. The van der Waals surface area contributed by atoms with Crippen molar-refractivity contribution in [2.45, 2.75) is 56.5 Å². The van der Waals surface area contributed by atoms with Crippen molar-refractivity contribution in [1.29, 1.82) is 0 Å². The molecular weight excluding hydrogens is 230 g/mol. The van der Waals surface area contributed by atoms with Crippen molar-refractivity contribution in [2.75, 3.05) is 6.54 Å². The lowest BCUT2D eigenvalue weighted by Gasteiger charge is -2.28. The molecule has 0 aromatic rings. The number of nitrogens with zero attached hydrogens (tertiary/aromatic N) is 2. The Morgan fingerprint density at radius 3 is 2.35 bits per heavy atom. The molecule has 6 heteroatoms. The Balaban J connectivity index is 1.67. The molecule has 0 aromatic heterocycles. The minimum atomic E-state index is -0.0458. The van der Waals surface area contributed by atoms with Gasteiger partial charge >= 0.3 is 0 Å². The maximum Gasteiger partial charge on any atom is 0.278 e. The monoisotopic (exact) mass is 252 g/mol. The summed E-state index contributed by atoms with van der Waals surface area (Å²) in [5.74, 6) is 0.347. The largest absolute Gasteiger partial charge is 0.346 e. The summed E-state index contributed by atoms with van der Waals surface area (Å²) in [6.07, 6.45) is 7.35. The molecule has 3 nitrogen and oxygen atoms in total. The van der Waals surface area contributed by atoms with Crippen molar-refractivity contribution < 1.29 is 4.79 Å². The van der Waals surface area contributed by atoms with Gasteiger partial charge in [-0.3, -0.25) is 4.79 Å². The van der Waals surface area contributed by atoms with Gasteiger partial charge in [-0.25, -0.2) is 0 Å². The number of thiol groups is 1. The molecule has 94 valence electrons. The third-order valence-corrected chi connectivity index (χ3v) is 4.17. The second kappa shape index (κ2) is 5.70. The van der Waals surface area contributed by atoms with Crippen molar-refractivity contribution in [2.24, 2.45) is 0 Å². The standard InChI is InChI=1S/C11H22B2N2OS/c12-10(15(11(16)17)9-5-6-9)2-1-7-14(13)8-3-4-8/h8-10H,1-7,12-13H2,(H,16,17). The van der Waals surface area contributed by atoms with Gasteiger partial charge in [-0.15, -0.1) is 0 Å². The molecule has 0 heterocycles. The predicted octanol–water partition coefficient (Wildman–Crippen LogP) is 0.252. The molecule has 0 aliphatic heterocycles. The zero-order valence-electron chi connectivity index (χ0n) is 10.9. The summed E-state index contributed by atoms with van der Waals surface area (Å²) in [5.41, 5.74) is 0. The first kappa shape index (κ1) is 13.3. The number of carbonyl (C=O) groups is 1. The molecule has 2 rings (SSSR count). The van der Waals surface area contributed by atoms with Crippen LogP contribution in [-0.2, 0) is 0 Å². The Morgan fingerprint density at radius 1 is 1.29 bits per heavy atom. The van der Waals surface area contributed by atoms with Gasteiger partial charge in [-0.05, 0) is 51.1 Å². The number of amides is 1. The van der Waals surface area contributed by atoms with E-state index in [-0.39, 0.29) is 5.24 Å². The average Bonchev–Trinajstić information content (AvgIpc) is 3.11. The van der Waals surface area contributed by atoms with Gasteiger partial charge in [-0.2, -0.15) is 0 Å². The minimum Gasteiger partial charge on any atom is -0.346 e. The number of hydrogen-bond donors (Lipinski definition) is 1. The lowest BCUT2D eigenvalue weighted by molar-refractivity contribution is 0.210. The lowest BCUT2D eigenvalue weighted by Crippen LogP contribution is -2.40. The molecule has 0 bridgehead atoms. The summed E-state index contributed by atoms with van der Waals surface area (Å²) in [7, 11) is 4.37. The summed E-state index contributed by atoms with van der Waals surface area (Å²) in [6, 6.07) is 1.33. The smallest absolute Gasteiger partial charge is 0.278 e. The quantitative estimate of drug-likeness (QED) is 0.518. The van der Waals surface area contributed by atoms with Crippen LogP contribution in [0.25, 0.3) is 0 Å². The van der Waals surface area contributed by atoms with Gasteiger partial charge in [0.25, 0.3) is 5.24 Å². The lowest BCUT2D eigenvalue weighted by atomic mass is 9.90. The minimum absolute atomic E-state index is 0.0458. The molecule has 2 saturated carbocycles. The molecule has 0 radical (unpaired) electrons. The summed E-state index contributed by atoms with van der Waals surface area (Å²) in [6.45, 7) is 1.16. The summed E-state index contributed by atoms with van der Waals surface area (Å²) >= 11 is 3.99. The Labute approximate surface area is 112 Å². The molecule has 1 unspecified atom stereocenters. The molecule has 2 aliphatic rings. The molecule has 0 spiro atoms. The van der Waals surface area contributed by atoms with E-state index in [0.29, 0.717) is 12.0 Å². The highest BCUT2D eigenvalue weighted by Gasteiger charge is 2.34. The van der Waals surface area contributed by atoms with E-state index in [1.54, 1.807) is 0 Å². The van der Waals surface area contributed by atoms with E-state index < -0.39 is 0 Å². The fraction of sp³-hybridized carbons (Fsp3) is 0.909. The normalized spacial score (nSPS) is 21.5. The second-order valence-electron chi connectivity index (χ2n) is 5.62. The third-order valence-electron chi connectivity index (χ3n) is 3.94. The first-order chi connectivity index (χ1) is 8.09. The average molecular weight is 252 g/mol. The van der Waals surface area contributed by atoms with Gasteiger partial charge < -0.3 is 9.71 Å². The second-order valence-corrected chi connectivity index (χ2v) is 6.01. The molecule has 0 saturated heterocycles. The van der Waals surface area contributed by atoms with Crippen molar-refractivity contribution in [1.82, 2.24) is 9.71 Å². The fourth-order valence-corrected chi connectivity index (χ4v) is 2.89. The van der Waals surface area contributed by atoms with Crippen LogP contribution in [0.2, 0.25) is 0 Å². The van der Waals surface area contributed by atoms with Gasteiger partial charge in [0.05, 0.1) is 0 Å². The van der Waals surface area contributed by atoms with Crippen molar-refractivity contribution in [3.05, 3.63) is 0 Å².